The fraction of sp³-hybridized carbons (Fsp3) is 0.148. The molecule has 0 aliphatic carbocycles. The van der Waals surface area contributed by atoms with Crippen molar-refractivity contribution in [1.29, 1.82) is 0 Å². The molecule has 2 aliphatic rings. The van der Waals surface area contributed by atoms with E-state index in [2.05, 4.69) is 15.7 Å². The number of nitrogens with zero attached hydrogens (tertiary/aromatic N) is 3. The zero-order valence-corrected chi connectivity index (χ0v) is 19.7. The predicted octanol–water partition coefficient (Wildman–Crippen LogP) is 3.51. The first-order valence-corrected chi connectivity index (χ1v) is 11.7. The number of amides is 4. The van der Waals surface area contributed by atoms with Crippen LogP contribution in [0.15, 0.2) is 66.9 Å². The number of anilines is 2. The van der Waals surface area contributed by atoms with Crippen LogP contribution in [0.5, 0.6) is 11.5 Å². The third kappa shape index (κ3) is 3.79. The van der Waals surface area contributed by atoms with Crippen molar-refractivity contribution in [3.63, 3.8) is 0 Å². The standard InChI is InChI=1S/C27H21N5O5/c1-31-21-13-22(37-16-6-3-2-4-7-16)19(12-15(21)14-28-31)29-18-9-5-8-17-24(18)27(36)32(26(17)35)20-10-11-23(33)30-25(20)34/h2-9,12-14,20,29H,10-11H2,1H3,(H,30,33,34). The lowest BCUT2D eigenvalue weighted by Crippen LogP contribution is -2.54. The van der Waals surface area contributed by atoms with Crippen LogP contribution in [0, 0.1) is 0 Å². The van der Waals surface area contributed by atoms with Gasteiger partial charge in [0.15, 0.2) is 5.75 Å². The Labute approximate surface area is 210 Å². The highest BCUT2D eigenvalue weighted by molar-refractivity contribution is 6.25. The number of hydrogen-bond acceptors (Lipinski definition) is 7. The van der Waals surface area contributed by atoms with Crippen molar-refractivity contribution in [3.05, 3.63) is 78.0 Å². The van der Waals surface area contributed by atoms with Crippen LogP contribution in [0.3, 0.4) is 0 Å². The van der Waals surface area contributed by atoms with Crippen LogP contribution in [-0.4, -0.2) is 44.4 Å². The van der Waals surface area contributed by atoms with Gasteiger partial charge >= 0.3 is 0 Å². The minimum atomic E-state index is -1.04. The molecule has 2 aliphatic heterocycles. The lowest BCUT2D eigenvalue weighted by molar-refractivity contribution is -0.136. The Morgan fingerprint density at radius 1 is 0.973 bits per heavy atom. The number of aromatic nitrogens is 2. The molecule has 1 unspecified atom stereocenters. The van der Waals surface area contributed by atoms with Crippen molar-refractivity contribution in [2.24, 2.45) is 7.05 Å². The minimum Gasteiger partial charge on any atom is -0.455 e. The van der Waals surface area contributed by atoms with Crippen molar-refractivity contribution in [3.8, 4) is 11.5 Å². The SMILES string of the molecule is Cn1ncc2cc(Nc3cccc4c3C(=O)N(C3CCC(=O)NC3=O)C4=O)c(Oc3ccccc3)cc21. The highest BCUT2D eigenvalue weighted by Gasteiger charge is 2.45. The molecule has 0 spiro atoms. The molecule has 3 aromatic carbocycles. The largest absolute Gasteiger partial charge is 0.455 e. The zero-order chi connectivity index (χ0) is 25.7. The molecule has 1 aromatic heterocycles. The van der Waals surface area contributed by atoms with Crippen molar-refractivity contribution < 1.29 is 23.9 Å². The summed E-state index contributed by atoms with van der Waals surface area (Å²) in [5.74, 6) is -1.11. The molecule has 1 saturated heterocycles. The van der Waals surface area contributed by atoms with E-state index in [0.29, 0.717) is 22.9 Å². The van der Waals surface area contributed by atoms with E-state index in [9.17, 15) is 19.2 Å². The second-order valence-electron chi connectivity index (χ2n) is 8.89. The summed E-state index contributed by atoms with van der Waals surface area (Å²) in [6.07, 6.45) is 1.87. The third-order valence-electron chi connectivity index (χ3n) is 6.56. The molecule has 1 fully saturated rings. The number of carbonyl (C=O) groups is 4. The Bertz CT molecular complexity index is 1610. The zero-order valence-electron chi connectivity index (χ0n) is 19.7. The molecule has 2 N–H and O–H groups in total. The molecule has 10 nitrogen and oxygen atoms in total. The van der Waals surface area contributed by atoms with Gasteiger partial charge in [-0.1, -0.05) is 24.3 Å². The van der Waals surface area contributed by atoms with Gasteiger partial charge < -0.3 is 10.1 Å². The number of carbonyl (C=O) groups excluding carboxylic acids is 4. The Hall–Kier alpha value is -4.99. The molecular weight excluding hydrogens is 474 g/mol. The number of ether oxygens (including phenoxy) is 1. The molecule has 184 valence electrons. The summed E-state index contributed by atoms with van der Waals surface area (Å²) in [5.41, 5.74) is 2.16. The molecule has 0 saturated carbocycles. The number of hydrogen-bond donors (Lipinski definition) is 2. The number of fused-ring (bicyclic) bond motifs is 2. The summed E-state index contributed by atoms with van der Waals surface area (Å²) in [7, 11) is 1.83. The highest BCUT2D eigenvalue weighted by Crippen LogP contribution is 2.39. The van der Waals surface area contributed by atoms with E-state index in [1.165, 1.54) is 0 Å². The number of piperidine rings is 1. The summed E-state index contributed by atoms with van der Waals surface area (Å²) in [6, 6.07) is 16.9. The average molecular weight is 495 g/mol. The van der Waals surface area contributed by atoms with Gasteiger partial charge in [0.1, 0.15) is 11.8 Å². The molecule has 37 heavy (non-hydrogen) atoms. The van der Waals surface area contributed by atoms with E-state index in [-0.39, 0.29) is 24.0 Å². The molecule has 10 heteroatoms. The van der Waals surface area contributed by atoms with Crippen molar-refractivity contribution in [1.82, 2.24) is 20.0 Å². The topological polar surface area (TPSA) is 123 Å². The van der Waals surface area contributed by atoms with Crippen LogP contribution in [0.2, 0.25) is 0 Å². The summed E-state index contributed by atoms with van der Waals surface area (Å²) in [6.45, 7) is 0. The summed E-state index contributed by atoms with van der Waals surface area (Å²) < 4.78 is 7.90. The molecular formula is C27H21N5O5. The maximum atomic E-state index is 13.5. The van der Waals surface area contributed by atoms with E-state index < -0.39 is 29.7 Å². The Morgan fingerprint density at radius 2 is 1.78 bits per heavy atom. The summed E-state index contributed by atoms with van der Waals surface area (Å²) >= 11 is 0. The van der Waals surface area contributed by atoms with Crippen LogP contribution < -0.4 is 15.4 Å². The predicted molar refractivity (Wildman–Crippen MR) is 134 cm³/mol. The number of aryl methyl sites for hydroxylation is 1. The Kier molecular flexibility index (Phi) is 5.22. The quantitative estimate of drug-likeness (QED) is 0.406. The van der Waals surface area contributed by atoms with Crippen molar-refractivity contribution in [2.75, 3.05) is 5.32 Å². The summed E-state index contributed by atoms with van der Waals surface area (Å²) in [5, 5.41) is 10.6. The molecule has 4 aromatic rings. The Balaban J connectivity index is 1.39. The van der Waals surface area contributed by atoms with Gasteiger partial charge in [-0.3, -0.25) is 34.1 Å². The van der Waals surface area contributed by atoms with E-state index in [0.717, 1.165) is 15.8 Å². The van der Waals surface area contributed by atoms with Crippen LogP contribution in [0.1, 0.15) is 33.6 Å². The fourth-order valence-electron chi connectivity index (χ4n) is 4.74. The molecule has 4 amide bonds. The monoisotopic (exact) mass is 495 g/mol. The van der Waals surface area contributed by atoms with E-state index in [1.54, 1.807) is 29.1 Å². The first-order valence-electron chi connectivity index (χ1n) is 11.7. The molecule has 3 heterocycles. The maximum Gasteiger partial charge on any atom is 0.264 e. The second kappa shape index (κ2) is 8.59. The number of rotatable bonds is 5. The number of para-hydroxylation sites is 1. The van der Waals surface area contributed by atoms with E-state index in [4.69, 9.17) is 4.74 Å². The van der Waals surface area contributed by atoms with Crippen LogP contribution in [0.25, 0.3) is 10.9 Å². The van der Waals surface area contributed by atoms with Crippen LogP contribution in [0.4, 0.5) is 11.4 Å². The van der Waals surface area contributed by atoms with E-state index >= 15 is 0 Å². The lowest BCUT2D eigenvalue weighted by Gasteiger charge is -2.27. The van der Waals surface area contributed by atoms with Gasteiger partial charge in [-0.2, -0.15) is 5.10 Å². The second-order valence-corrected chi connectivity index (χ2v) is 8.89. The van der Waals surface area contributed by atoms with Gasteiger partial charge in [0.25, 0.3) is 11.8 Å². The number of imide groups is 2. The van der Waals surface area contributed by atoms with E-state index in [1.807, 2.05) is 49.5 Å². The smallest absolute Gasteiger partial charge is 0.264 e. The lowest BCUT2D eigenvalue weighted by atomic mass is 10.0. The third-order valence-corrected chi connectivity index (χ3v) is 6.56. The Morgan fingerprint density at radius 3 is 2.57 bits per heavy atom. The van der Waals surface area contributed by atoms with Gasteiger partial charge in [-0.05, 0) is 36.8 Å². The van der Waals surface area contributed by atoms with Crippen LogP contribution >= 0.6 is 0 Å². The number of benzene rings is 3. The van der Waals surface area contributed by atoms with Crippen molar-refractivity contribution >= 4 is 45.9 Å². The van der Waals surface area contributed by atoms with Crippen LogP contribution in [-0.2, 0) is 16.6 Å². The first kappa shape index (κ1) is 22.5. The summed E-state index contributed by atoms with van der Waals surface area (Å²) in [4.78, 5) is 51.7. The first-order chi connectivity index (χ1) is 17.9. The van der Waals surface area contributed by atoms with Crippen molar-refractivity contribution in [2.45, 2.75) is 18.9 Å². The van der Waals surface area contributed by atoms with Gasteiger partial charge in [0.2, 0.25) is 11.8 Å². The van der Waals surface area contributed by atoms with Gasteiger partial charge in [-0.15, -0.1) is 0 Å². The molecule has 6 rings (SSSR count). The highest BCUT2D eigenvalue weighted by atomic mass is 16.5. The average Bonchev–Trinajstić information content (AvgIpc) is 3.37. The normalized spacial score (nSPS) is 17.2. The van der Waals surface area contributed by atoms with Gasteiger partial charge in [0, 0.05) is 24.9 Å². The molecule has 0 radical (unpaired) electrons. The minimum absolute atomic E-state index is 0.0558. The molecule has 1 atom stereocenters. The molecule has 0 bridgehead atoms. The fourth-order valence-corrected chi connectivity index (χ4v) is 4.74. The number of nitrogens with one attached hydrogen (secondary N) is 2. The maximum absolute atomic E-state index is 13.5. The van der Waals surface area contributed by atoms with Gasteiger partial charge in [-0.25, -0.2) is 0 Å². The van der Waals surface area contributed by atoms with Gasteiger partial charge in [0.05, 0.1) is 34.2 Å².